The Kier molecular flexibility index (Phi) is 4.03. The second-order valence-electron chi connectivity index (χ2n) is 3.95. The highest BCUT2D eigenvalue weighted by Gasteiger charge is 2.28. The van der Waals surface area contributed by atoms with Crippen molar-refractivity contribution in [1.29, 1.82) is 0 Å². The van der Waals surface area contributed by atoms with E-state index in [1.807, 2.05) is 6.92 Å². The molecule has 1 unspecified atom stereocenters. The molecule has 0 heterocycles. The first kappa shape index (κ1) is 13.8. The Hall–Kier alpha value is -1.23. The van der Waals surface area contributed by atoms with Gasteiger partial charge in [0, 0.05) is 12.1 Å². The van der Waals surface area contributed by atoms with E-state index in [0.29, 0.717) is 6.42 Å². The smallest absolute Gasteiger partial charge is 0.301 e. The summed E-state index contributed by atoms with van der Waals surface area (Å²) in [6.07, 6.45) is 0.665. The first-order chi connectivity index (χ1) is 7.77. The van der Waals surface area contributed by atoms with E-state index in [9.17, 15) is 14.8 Å². The summed E-state index contributed by atoms with van der Waals surface area (Å²) in [5.41, 5.74) is 11.2. The maximum Gasteiger partial charge on any atom is 0.301 e. The molecule has 0 aliphatic carbocycles. The minimum Gasteiger partial charge on any atom is -0.508 e. The molecule has 7 heteroatoms. The van der Waals surface area contributed by atoms with Gasteiger partial charge in [0.2, 0.25) is 0 Å². The van der Waals surface area contributed by atoms with Gasteiger partial charge in [0.25, 0.3) is 0 Å². The van der Waals surface area contributed by atoms with E-state index < -0.39 is 7.59 Å². The quantitative estimate of drug-likeness (QED) is 0.612. The Morgan fingerprint density at radius 1 is 1.41 bits per heavy atom. The Morgan fingerprint density at radius 3 is 2.41 bits per heavy atom. The van der Waals surface area contributed by atoms with Crippen LogP contribution in [0.2, 0.25) is 0 Å². The van der Waals surface area contributed by atoms with Gasteiger partial charge in [0.05, 0.1) is 5.69 Å². The van der Waals surface area contributed by atoms with E-state index in [0.717, 1.165) is 6.07 Å². The molecule has 0 radical (unpaired) electrons. The van der Waals surface area contributed by atoms with Crippen LogP contribution in [0.15, 0.2) is 18.2 Å². The molecule has 1 atom stereocenters. The number of hydrogen-bond acceptors (Lipinski definition) is 3. The second kappa shape index (κ2) is 4.96. The lowest BCUT2D eigenvalue weighted by Crippen LogP contribution is -2.35. The molecule has 1 aromatic rings. The number of phenolic OH excluding ortho intramolecular Hbond substituents is 2. The Bertz CT molecular complexity index is 446. The van der Waals surface area contributed by atoms with Crippen LogP contribution in [0.25, 0.3) is 0 Å². The third-order valence-corrected chi connectivity index (χ3v) is 3.83. The van der Waals surface area contributed by atoms with Crippen molar-refractivity contribution in [1.82, 2.24) is 0 Å². The van der Waals surface area contributed by atoms with Crippen molar-refractivity contribution in [3.05, 3.63) is 18.2 Å². The van der Waals surface area contributed by atoms with Gasteiger partial charge in [-0.1, -0.05) is 6.92 Å². The molecule has 0 saturated carbocycles. The first-order valence-corrected chi connectivity index (χ1v) is 7.06. The Morgan fingerprint density at radius 2 is 2.00 bits per heavy atom. The molecule has 1 rings (SSSR count). The Labute approximate surface area is 100 Å². The van der Waals surface area contributed by atoms with Crippen LogP contribution in [0.5, 0.6) is 11.5 Å². The number of anilines is 1. The highest BCUT2D eigenvalue weighted by molar-refractivity contribution is 7.60. The first-order valence-electron chi connectivity index (χ1n) is 5.26. The fourth-order valence-corrected chi connectivity index (χ4v) is 2.88. The molecule has 0 aromatic heterocycles. The number of nitrogens with zero attached hydrogens (tertiary/aromatic N) is 1. The number of phenols is 2. The van der Waals surface area contributed by atoms with Crippen LogP contribution in [0.4, 0.5) is 5.69 Å². The third kappa shape index (κ3) is 3.12. The van der Waals surface area contributed by atoms with Gasteiger partial charge in [0.1, 0.15) is 11.5 Å². The van der Waals surface area contributed by atoms with Gasteiger partial charge in [-0.3, -0.25) is 20.2 Å². The zero-order valence-corrected chi connectivity index (χ0v) is 10.8. The van der Waals surface area contributed by atoms with Gasteiger partial charge in [-0.15, -0.1) is 0 Å². The van der Waals surface area contributed by atoms with Gasteiger partial charge < -0.3 is 10.2 Å². The van der Waals surface area contributed by atoms with E-state index in [4.69, 9.17) is 11.0 Å². The molecule has 1 aromatic carbocycles. The zero-order chi connectivity index (χ0) is 13.2. The van der Waals surface area contributed by atoms with E-state index >= 15 is 0 Å². The SMILES string of the molecule is CCC(C)N(c1ccc(O)cc1O)P(N)(N)=O. The fourth-order valence-electron chi connectivity index (χ4n) is 1.59. The molecule has 0 saturated heterocycles. The van der Waals surface area contributed by atoms with Crippen LogP contribution in [0.1, 0.15) is 20.3 Å². The maximum atomic E-state index is 11.9. The molecule has 96 valence electrons. The van der Waals surface area contributed by atoms with Crippen LogP contribution in [0.3, 0.4) is 0 Å². The lowest BCUT2D eigenvalue weighted by Gasteiger charge is -2.33. The standard InChI is InChI=1S/C10H18N3O3P/c1-3-7(2)13(17(11,12)16)9-5-4-8(14)6-10(9)15/h4-7,14-15H,3H2,1-2H3,(H4,11,12,16). The van der Waals surface area contributed by atoms with E-state index in [2.05, 4.69) is 0 Å². The van der Waals surface area contributed by atoms with Crippen LogP contribution in [0, 0.1) is 0 Å². The topological polar surface area (TPSA) is 113 Å². The highest BCUT2D eigenvalue weighted by Crippen LogP contribution is 2.44. The summed E-state index contributed by atoms with van der Waals surface area (Å²) in [5, 5.41) is 18.9. The minimum atomic E-state index is -3.52. The predicted molar refractivity (Wildman–Crippen MR) is 68.0 cm³/mol. The monoisotopic (exact) mass is 259 g/mol. The predicted octanol–water partition coefficient (Wildman–Crippen LogP) is 1.73. The molecular formula is C10H18N3O3P. The highest BCUT2D eigenvalue weighted by atomic mass is 31.2. The fraction of sp³-hybridized carbons (Fsp3) is 0.400. The van der Waals surface area contributed by atoms with Crippen LogP contribution in [-0.4, -0.2) is 16.3 Å². The zero-order valence-electron chi connectivity index (χ0n) is 9.87. The number of nitrogens with two attached hydrogens (primary N) is 2. The summed E-state index contributed by atoms with van der Waals surface area (Å²) in [6.45, 7) is 3.70. The van der Waals surface area contributed by atoms with Crippen molar-refractivity contribution >= 4 is 13.3 Å². The van der Waals surface area contributed by atoms with Crippen LogP contribution >= 0.6 is 7.59 Å². The van der Waals surface area contributed by atoms with Crippen LogP contribution < -0.4 is 15.7 Å². The molecule has 0 fully saturated rings. The second-order valence-corrected chi connectivity index (χ2v) is 5.72. The largest absolute Gasteiger partial charge is 0.508 e. The molecule has 17 heavy (non-hydrogen) atoms. The number of hydrogen-bond donors (Lipinski definition) is 4. The molecule has 0 amide bonds. The van der Waals surface area contributed by atoms with E-state index in [1.54, 1.807) is 6.92 Å². The molecule has 0 aliphatic heterocycles. The molecule has 6 N–H and O–H groups in total. The van der Waals surface area contributed by atoms with Crippen molar-refractivity contribution in [3.63, 3.8) is 0 Å². The van der Waals surface area contributed by atoms with Crippen molar-refractivity contribution in [2.45, 2.75) is 26.3 Å². The lowest BCUT2D eigenvalue weighted by atomic mass is 10.2. The maximum absolute atomic E-state index is 11.9. The summed E-state index contributed by atoms with van der Waals surface area (Å²) in [6, 6.07) is 3.77. The molecule has 0 aliphatic rings. The summed E-state index contributed by atoms with van der Waals surface area (Å²) < 4.78 is 13.2. The van der Waals surface area contributed by atoms with Gasteiger partial charge >= 0.3 is 7.59 Å². The third-order valence-electron chi connectivity index (χ3n) is 2.55. The molecule has 6 nitrogen and oxygen atoms in total. The van der Waals surface area contributed by atoms with Gasteiger partial charge in [-0.05, 0) is 25.5 Å². The van der Waals surface area contributed by atoms with Gasteiger partial charge in [-0.25, -0.2) is 0 Å². The van der Waals surface area contributed by atoms with Crippen molar-refractivity contribution in [3.8, 4) is 11.5 Å². The summed E-state index contributed by atoms with van der Waals surface area (Å²) >= 11 is 0. The van der Waals surface area contributed by atoms with Crippen molar-refractivity contribution in [2.75, 3.05) is 4.67 Å². The lowest BCUT2D eigenvalue weighted by molar-refractivity contribution is 0.449. The average Bonchev–Trinajstić information content (AvgIpc) is 2.19. The Balaban J connectivity index is 3.28. The molecule has 0 spiro atoms. The number of benzene rings is 1. The number of rotatable bonds is 4. The molecule has 0 bridgehead atoms. The van der Waals surface area contributed by atoms with Crippen molar-refractivity contribution < 1.29 is 14.8 Å². The van der Waals surface area contributed by atoms with E-state index in [-0.39, 0.29) is 23.2 Å². The normalized spacial score (nSPS) is 13.4. The van der Waals surface area contributed by atoms with E-state index in [1.165, 1.54) is 16.8 Å². The van der Waals surface area contributed by atoms with Gasteiger partial charge in [-0.2, -0.15) is 0 Å². The summed E-state index contributed by atoms with van der Waals surface area (Å²) in [4.78, 5) is 0. The average molecular weight is 259 g/mol. The number of aromatic hydroxyl groups is 2. The van der Waals surface area contributed by atoms with Gasteiger partial charge in [0.15, 0.2) is 0 Å². The summed E-state index contributed by atoms with van der Waals surface area (Å²) in [7, 11) is -3.52. The molecular weight excluding hydrogens is 241 g/mol. The minimum absolute atomic E-state index is 0.0840. The summed E-state index contributed by atoms with van der Waals surface area (Å²) in [5.74, 6) is -0.291. The van der Waals surface area contributed by atoms with Crippen LogP contribution in [-0.2, 0) is 4.57 Å². The van der Waals surface area contributed by atoms with Crippen molar-refractivity contribution in [2.24, 2.45) is 11.0 Å².